The van der Waals surface area contributed by atoms with Gasteiger partial charge in [-0.3, -0.25) is 0 Å². The minimum absolute atomic E-state index is 0.485. The lowest BCUT2D eigenvalue weighted by Crippen LogP contribution is -2.26. The van der Waals surface area contributed by atoms with Crippen molar-refractivity contribution in [1.29, 1.82) is 0 Å². The molecule has 15 rings (SSSR count). The fourth-order valence-electron chi connectivity index (χ4n) is 12.3. The van der Waals surface area contributed by atoms with Crippen molar-refractivity contribution in [2.75, 3.05) is 0 Å². The predicted molar refractivity (Wildman–Crippen MR) is 274 cm³/mol. The van der Waals surface area contributed by atoms with Crippen molar-refractivity contribution in [2.24, 2.45) is 0 Å². The van der Waals surface area contributed by atoms with Gasteiger partial charge >= 0.3 is 0 Å². The highest BCUT2D eigenvalue weighted by atomic mass is 32.1. The number of rotatable bonds is 2. The zero-order valence-electron chi connectivity index (χ0n) is 34.7. The van der Waals surface area contributed by atoms with Gasteiger partial charge in [-0.25, -0.2) is 0 Å². The van der Waals surface area contributed by atoms with Crippen LogP contribution in [0.15, 0.2) is 218 Å². The lowest BCUT2D eigenvalue weighted by atomic mass is 9.69. The molecule has 294 valence electrons. The van der Waals surface area contributed by atoms with E-state index in [-0.39, 0.29) is 0 Å². The topological polar surface area (TPSA) is 0 Å². The summed E-state index contributed by atoms with van der Waals surface area (Å²) in [4.78, 5) is 0. The average molecular weight is 825 g/mol. The first kappa shape index (κ1) is 34.7. The van der Waals surface area contributed by atoms with E-state index in [1.54, 1.807) is 0 Å². The zero-order valence-corrected chi connectivity index (χ0v) is 35.5. The smallest absolute Gasteiger partial charge is 0.0731 e. The van der Waals surface area contributed by atoms with Gasteiger partial charge in [-0.15, -0.1) is 11.3 Å². The van der Waals surface area contributed by atoms with Gasteiger partial charge in [0, 0.05) is 20.2 Å². The molecule has 0 amide bonds. The first-order chi connectivity index (χ1) is 31.8. The second kappa shape index (κ2) is 12.6. The number of hydrogen-bond acceptors (Lipinski definition) is 1. The molecule has 1 spiro atoms. The van der Waals surface area contributed by atoms with Crippen LogP contribution >= 0.6 is 11.3 Å². The third-order valence-corrected chi connectivity index (χ3v) is 15.9. The summed E-state index contributed by atoms with van der Waals surface area (Å²) >= 11 is 1.88. The molecule has 0 saturated carbocycles. The summed E-state index contributed by atoms with van der Waals surface area (Å²) in [5.41, 5.74) is 15.4. The van der Waals surface area contributed by atoms with Crippen molar-refractivity contribution < 1.29 is 0 Å². The normalized spacial score (nSPS) is 13.4. The van der Waals surface area contributed by atoms with Gasteiger partial charge in [0.05, 0.1) is 5.41 Å². The highest BCUT2D eigenvalue weighted by Gasteiger charge is 2.53. The van der Waals surface area contributed by atoms with Crippen molar-refractivity contribution in [1.82, 2.24) is 0 Å². The molecule has 1 heterocycles. The molecule has 13 aromatic rings. The van der Waals surface area contributed by atoms with Crippen LogP contribution in [-0.2, 0) is 5.41 Å². The molecule has 12 aromatic carbocycles. The van der Waals surface area contributed by atoms with Crippen LogP contribution in [0.4, 0.5) is 0 Å². The Balaban J connectivity index is 1.02. The molecule has 1 heteroatoms. The van der Waals surface area contributed by atoms with Crippen LogP contribution < -0.4 is 0 Å². The van der Waals surface area contributed by atoms with Crippen LogP contribution in [-0.4, -0.2) is 0 Å². The van der Waals surface area contributed by atoms with Gasteiger partial charge in [-0.05, 0) is 157 Å². The van der Waals surface area contributed by atoms with Crippen molar-refractivity contribution in [3.63, 3.8) is 0 Å². The minimum Gasteiger partial charge on any atom is -0.135 e. The van der Waals surface area contributed by atoms with Crippen LogP contribution in [0.2, 0.25) is 0 Å². The second-order valence-corrected chi connectivity index (χ2v) is 18.9. The summed E-state index contributed by atoms with van der Waals surface area (Å²) in [5.74, 6) is 0. The van der Waals surface area contributed by atoms with E-state index in [0.29, 0.717) is 0 Å². The maximum Gasteiger partial charge on any atom is 0.0731 e. The summed E-state index contributed by atoms with van der Waals surface area (Å²) in [7, 11) is 0. The van der Waals surface area contributed by atoms with Crippen molar-refractivity contribution in [2.45, 2.75) is 5.41 Å². The number of thiophene rings is 1. The largest absolute Gasteiger partial charge is 0.135 e. The lowest BCUT2D eigenvalue weighted by molar-refractivity contribution is 0.803. The molecule has 0 bridgehead atoms. The number of hydrogen-bond donors (Lipinski definition) is 0. The standard InChI is InChI=1S/C63H36S/c1-3-20-46-41(15-1)42-16-2-8-25-51(42)62-61(46)53-34-37-29-30-38(33-40(37)36-56(53)63(62)54-26-12-9-17-43(54)44-18-10-13-27-55(44)63)59-47-21-4-6-23-49(47)60(50-24-7-5-22-48(50)59)39-31-32-58-52(35-39)45-19-11-14-28-57(45)64-58/h1-36H. The fourth-order valence-corrected chi connectivity index (χ4v) is 13.4. The molecule has 1 aromatic heterocycles. The Hall–Kier alpha value is -7.84. The maximum atomic E-state index is 2.57. The summed E-state index contributed by atoms with van der Waals surface area (Å²) in [6.07, 6.45) is 0. The molecule has 2 aliphatic rings. The molecular weight excluding hydrogens is 789 g/mol. The Kier molecular flexibility index (Phi) is 6.85. The van der Waals surface area contributed by atoms with Gasteiger partial charge in [-0.1, -0.05) is 182 Å². The Labute approximate surface area is 373 Å². The summed E-state index contributed by atoms with van der Waals surface area (Å²) in [5, 5.41) is 15.5. The third kappa shape index (κ3) is 4.37. The van der Waals surface area contributed by atoms with Gasteiger partial charge in [0.25, 0.3) is 0 Å². The SMILES string of the molecule is c1ccc2c(c1)-c1ccccc1C21c2cc3cc(-c4c5ccccc5c(-c5ccc6sc7ccccc7c6c5)c5ccccc45)ccc3cc2-c2c1c1ccccc1c1ccccc21. The van der Waals surface area contributed by atoms with Crippen molar-refractivity contribution >= 4 is 85.4 Å². The van der Waals surface area contributed by atoms with Gasteiger partial charge in [0.2, 0.25) is 0 Å². The number of benzene rings is 12. The van der Waals surface area contributed by atoms with E-state index in [1.165, 1.54) is 141 Å². The molecule has 0 aliphatic heterocycles. The lowest BCUT2D eigenvalue weighted by Gasteiger charge is -2.32. The van der Waals surface area contributed by atoms with E-state index in [2.05, 4.69) is 218 Å². The fraction of sp³-hybridized carbons (Fsp3) is 0.0159. The summed E-state index contributed by atoms with van der Waals surface area (Å²) < 4.78 is 2.66. The van der Waals surface area contributed by atoms with E-state index in [4.69, 9.17) is 0 Å². The van der Waals surface area contributed by atoms with Crippen molar-refractivity contribution in [3.05, 3.63) is 241 Å². The molecule has 0 nitrogen and oxygen atoms in total. The number of fused-ring (bicyclic) bond motifs is 21. The van der Waals surface area contributed by atoms with Crippen LogP contribution in [0.25, 0.3) is 119 Å². The van der Waals surface area contributed by atoms with Crippen LogP contribution in [0.1, 0.15) is 22.3 Å². The molecule has 0 radical (unpaired) electrons. The summed E-state index contributed by atoms with van der Waals surface area (Å²) in [6, 6.07) is 82.9. The first-order valence-electron chi connectivity index (χ1n) is 22.3. The monoisotopic (exact) mass is 824 g/mol. The third-order valence-electron chi connectivity index (χ3n) is 14.8. The maximum absolute atomic E-state index is 2.57. The van der Waals surface area contributed by atoms with E-state index < -0.39 is 5.41 Å². The second-order valence-electron chi connectivity index (χ2n) is 17.8. The molecule has 64 heavy (non-hydrogen) atoms. The Morgan fingerprint density at radius 2 is 0.734 bits per heavy atom. The molecule has 0 unspecified atom stereocenters. The van der Waals surface area contributed by atoms with E-state index in [0.717, 1.165) is 0 Å². The van der Waals surface area contributed by atoms with Gasteiger partial charge in [-0.2, -0.15) is 0 Å². The molecule has 0 fully saturated rings. The minimum atomic E-state index is -0.485. The predicted octanol–water partition coefficient (Wildman–Crippen LogP) is 17.5. The molecule has 0 N–H and O–H groups in total. The Morgan fingerprint density at radius 3 is 1.38 bits per heavy atom. The van der Waals surface area contributed by atoms with Gasteiger partial charge < -0.3 is 0 Å². The van der Waals surface area contributed by atoms with Crippen LogP contribution in [0.3, 0.4) is 0 Å². The zero-order chi connectivity index (χ0) is 41.7. The van der Waals surface area contributed by atoms with Crippen molar-refractivity contribution in [3.8, 4) is 44.5 Å². The molecular formula is C63H36S. The van der Waals surface area contributed by atoms with E-state index in [1.807, 2.05) is 11.3 Å². The van der Waals surface area contributed by atoms with Crippen LogP contribution in [0, 0.1) is 0 Å². The van der Waals surface area contributed by atoms with E-state index in [9.17, 15) is 0 Å². The molecule has 0 saturated heterocycles. The van der Waals surface area contributed by atoms with Gasteiger partial charge in [0.15, 0.2) is 0 Å². The quantitative estimate of drug-likeness (QED) is 0.120. The highest BCUT2D eigenvalue weighted by Crippen LogP contribution is 2.66. The van der Waals surface area contributed by atoms with E-state index >= 15 is 0 Å². The summed E-state index contributed by atoms with van der Waals surface area (Å²) in [6.45, 7) is 0. The highest BCUT2D eigenvalue weighted by molar-refractivity contribution is 7.25. The molecule has 2 aliphatic carbocycles. The Morgan fingerprint density at radius 1 is 0.266 bits per heavy atom. The first-order valence-corrected chi connectivity index (χ1v) is 23.1. The van der Waals surface area contributed by atoms with Gasteiger partial charge in [0.1, 0.15) is 0 Å². The molecule has 0 atom stereocenters. The van der Waals surface area contributed by atoms with Crippen LogP contribution in [0.5, 0.6) is 0 Å². The Bertz CT molecular complexity index is 4100. The average Bonchev–Trinajstić information content (AvgIpc) is 3.98.